The molecule has 0 spiro atoms. The van der Waals surface area contributed by atoms with Crippen LogP contribution in [0, 0.1) is 5.82 Å². The van der Waals surface area contributed by atoms with Crippen LogP contribution >= 0.6 is 24.0 Å². The number of hydrogen-bond donors (Lipinski definition) is 3. The molecule has 7 nitrogen and oxygen atoms in total. The van der Waals surface area contributed by atoms with Gasteiger partial charge in [0.25, 0.3) is 0 Å². The van der Waals surface area contributed by atoms with E-state index >= 15 is 0 Å². The zero-order valence-electron chi connectivity index (χ0n) is 16.8. The molecule has 170 valence electrons. The van der Waals surface area contributed by atoms with Gasteiger partial charge < -0.3 is 20.9 Å². The molecule has 12 heteroatoms. The lowest BCUT2D eigenvalue weighted by Gasteiger charge is -2.20. The van der Waals surface area contributed by atoms with Crippen molar-refractivity contribution in [2.75, 3.05) is 43.4 Å². The van der Waals surface area contributed by atoms with E-state index in [2.05, 4.69) is 30.9 Å². The number of aliphatic imine (C=N–C) groups is 1. The summed E-state index contributed by atoms with van der Waals surface area (Å²) in [5.74, 6) is 0.269. The summed E-state index contributed by atoms with van der Waals surface area (Å²) in [6, 6.07) is 5.20. The van der Waals surface area contributed by atoms with E-state index in [1.165, 1.54) is 18.3 Å². The number of rotatable bonds is 6. The van der Waals surface area contributed by atoms with Crippen molar-refractivity contribution in [3.8, 4) is 0 Å². The summed E-state index contributed by atoms with van der Waals surface area (Å²) < 4.78 is 52.9. The van der Waals surface area contributed by atoms with E-state index in [1.54, 1.807) is 19.3 Å². The van der Waals surface area contributed by atoms with Crippen LogP contribution in [-0.4, -0.2) is 55.2 Å². The van der Waals surface area contributed by atoms with Gasteiger partial charge in [0.1, 0.15) is 5.82 Å². The lowest BCUT2D eigenvalue weighted by Crippen LogP contribution is -2.45. The molecule has 2 aromatic rings. The van der Waals surface area contributed by atoms with Gasteiger partial charge in [0.2, 0.25) is 0 Å². The Morgan fingerprint density at radius 1 is 1.19 bits per heavy atom. The van der Waals surface area contributed by atoms with E-state index in [1.807, 2.05) is 4.90 Å². The number of guanidine groups is 1. The number of aromatic nitrogens is 2. The Balaban J connectivity index is 0.00000341. The van der Waals surface area contributed by atoms with E-state index in [9.17, 15) is 17.6 Å². The standard InChI is InChI=1S/C19H23F4N7.HI/c1-24-18(28-10-9-26-16-14(19(21,22)23)4-2-7-25-16)29-13-6-11-30(12-13)17-15(20)5-3-8-27-17;/h2-5,7-8,13H,6,9-12H2,1H3,(H,25,26)(H2,24,28,29);1H. The van der Waals surface area contributed by atoms with Crippen LogP contribution in [0.2, 0.25) is 0 Å². The number of halogens is 5. The second-order valence-electron chi connectivity index (χ2n) is 6.71. The van der Waals surface area contributed by atoms with Gasteiger partial charge in [-0.1, -0.05) is 0 Å². The lowest BCUT2D eigenvalue weighted by molar-refractivity contribution is -0.137. The van der Waals surface area contributed by atoms with Gasteiger partial charge in [0, 0.05) is 51.7 Å². The molecule has 1 fully saturated rings. The summed E-state index contributed by atoms with van der Waals surface area (Å²) in [6.07, 6.45) is -0.832. The third-order valence-corrected chi connectivity index (χ3v) is 4.61. The third kappa shape index (κ3) is 6.80. The van der Waals surface area contributed by atoms with Crippen molar-refractivity contribution in [1.29, 1.82) is 0 Å². The number of nitrogens with zero attached hydrogens (tertiary/aromatic N) is 4. The lowest BCUT2D eigenvalue weighted by atomic mass is 10.2. The summed E-state index contributed by atoms with van der Waals surface area (Å²) in [5, 5.41) is 8.99. The normalized spacial score (nSPS) is 16.6. The summed E-state index contributed by atoms with van der Waals surface area (Å²) in [5.41, 5.74) is -0.805. The van der Waals surface area contributed by atoms with Gasteiger partial charge in [-0.25, -0.2) is 14.4 Å². The summed E-state index contributed by atoms with van der Waals surface area (Å²) >= 11 is 0. The number of hydrogen-bond acceptors (Lipinski definition) is 5. The Labute approximate surface area is 194 Å². The fourth-order valence-electron chi connectivity index (χ4n) is 3.21. The molecule has 1 aliphatic rings. The van der Waals surface area contributed by atoms with Gasteiger partial charge in [-0.3, -0.25) is 4.99 Å². The average Bonchev–Trinajstić information content (AvgIpc) is 3.18. The van der Waals surface area contributed by atoms with Crippen LogP contribution in [0.4, 0.5) is 29.2 Å². The Bertz CT molecular complexity index is 878. The number of pyridine rings is 2. The van der Waals surface area contributed by atoms with Crippen molar-refractivity contribution in [1.82, 2.24) is 20.6 Å². The van der Waals surface area contributed by atoms with Crippen molar-refractivity contribution in [2.24, 2.45) is 4.99 Å². The maximum absolute atomic E-state index is 13.9. The van der Waals surface area contributed by atoms with E-state index in [-0.39, 0.29) is 48.2 Å². The molecule has 31 heavy (non-hydrogen) atoms. The first-order valence-electron chi connectivity index (χ1n) is 9.47. The first-order valence-corrected chi connectivity index (χ1v) is 9.47. The van der Waals surface area contributed by atoms with Crippen molar-refractivity contribution in [2.45, 2.75) is 18.6 Å². The van der Waals surface area contributed by atoms with Crippen LogP contribution in [0.25, 0.3) is 0 Å². The van der Waals surface area contributed by atoms with Gasteiger partial charge in [0.05, 0.1) is 5.56 Å². The highest BCUT2D eigenvalue weighted by atomic mass is 127. The van der Waals surface area contributed by atoms with E-state index < -0.39 is 11.7 Å². The molecular formula is C19H24F4IN7. The molecule has 1 atom stereocenters. The van der Waals surface area contributed by atoms with Crippen molar-refractivity contribution < 1.29 is 17.6 Å². The summed E-state index contributed by atoms with van der Waals surface area (Å²) in [4.78, 5) is 13.8. The van der Waals surface area contributed by atoms with Gasteiger partial charge in [-0.05, 0) is 30.7 Å². The Morgan fingerprint density at radius 2 is 1.94 bits per heavy atom. The van der Waals surface area contributed by atoms with Gasteiger partial charge >= 0.3 is 6.18 Å². The molecule has 2 aromatic heterocycles. The molecular weight excluding hydrogens is 529 g/mol. The minimum atomic E-state index is -4.47. The third-order valence-electron chi connectivity index (χ3n) is 4.61. The van der Waals surface area contributed by atoms with E-state index in [0.29, 0.717) is 31.4 Å². The molecule has 3 N–H and O–H groups in total. The van der Waals surface area contributed by atoms with Crippen LogP contribution < -0.4 is 20.9 Å². The highest BCUT2D eigenvalue weighted by Crippen LogP contribution is 2.33. The van der Waals surface area contributed by atoms with Gasteiger partial charge in [0.15, 0.2) is 17.6 Å². The SMILES string of the molecule is CN=C(NCCNc1ncccc1C(F)(F)F)NC1CCN(c2ncccc2F)C1.I. The summed E-state index contributed by atoms with van der Waals surface area (Å²) in [7, 11) is 1.61. The fraction of sp³-hybridized carbons (Fsp3) is 0.421. The monoisotopic (exact) mass is 553 g/mol. The van der Waals surface area contributed by atoms with Crippen molar-refractivity contribution in [3.63, 3.8) is 0 Å². The maximum atomic E-state index is 13.9. The Hall–Kier alpha value is -2.38. The van der Waals surface area contributed by atoms with Gasteiger partial charge in [-0.2, -0.15) is 13.2 Å². The largest absolute Gasteiger partial charge is 0.419 e. The molecule has 0 aliphatic carbocycles. The Morgan fingerprint density at radius 3 is 2.65 bits per heavy atom. The molecule has 1 aliphatic heterocycles. The number of anilines is 2. The first kappa shape index (κ1) is 24.9. The van der Waals surface area contributed by atoms with Gasteiger partial charge in [-0.15, -0.1) is 24.0 Å². The smallest absolute Gasteiger partial charge is 0.368 e. The molecule has 0 radical (unpaired) electrons. The second kappa shape index (κ2) is 11.3. The fourth-order valence-corrected chi connectivity index (χ4v) is 3.21. The van der Waals surface area contributed by atoms with E-state index in [0.717, 1.165) is 12.5 Å². The average molecular weight is 553 g/mol. The molecule has 0 amide bonds. The zero-order chi connectivity index (χ0) is 21.6. The quantitative estimate of drug-likeness (QED) is 0.168. The van der Waals surface area contributed by atoms with Crippen LogP contribution in [0.1, 0.15) is 12.0 Å². The number of nitrogens with one attached hydrogen (secondary N) is 3. The highest BCUT2D eigenvalue weighted by Gasteiger charge is 2.34. The predicted octanol–water partition coefficient (Wildman–Crippen LogP) is 3.11. The topological polar surface area (TPSA) is 77.5 Å². The molecule has 0 saturated carbocycles. The minimum Gasteiger partial charge on any atom is -0.368 e. The molecule has 0 aromatic carbocycles. The van der Waals surface area contributed by atoms with Crippen molar-refractivity contribution >= 4 is 41.6 Å². The predicted molar refractivity (Wildman–Crippen MR) is 122 cm³/mol. The zero-order valence-corrected chi connectivity index (χ0v) is 19.1. The number of alkyl halides is 3. The minimum absolute atomic E-state index is 0. The molecule has 3 heterocycles. The van der Waals surface area contributed by atoms with Crippen LogP contribution in [0.3, 0.4) is 0 Å². The van der Waals surface area contributed by atoms with Crippen LogP contribution in [-0.2, 0) is 6.18 Å². The van der Waals surface area contributed by atoms with Crippen molar-refractivity contribution in [3.05, 3.63) is 48.0 Å². The summed E-state index contributed by atoms with van der Waals surface area (Å²) in [6.45, 7) is 1.77. The highest BCUT2D eigenvalue weighted by molar-refractivity contribution is 14.0. The molecule has 3 rings (SSSR count). The van der Waals surface area contributed by atoms with E-state index in [4.69, 9.17) is 0 Å². The second-order valence-corrected chi connectivity index (χ2v) is 6.71. The molecule has 1 saturated heterocycles. The van der Waals surface area contributed by atoms with Crippen LogP contribution in [0.15, 0.2) is 41.7 Å². The molecule has 0 bridgehead atoms. The maximum Gasteiger partial charge on any atom is 0.419 e. The van der Waals surface area contributed by atoms with Crippen LogP contribution in [0.5, 0.6) is 0 Å². The molecule has 1 unspecified atom stereocenters. The first-order chi connectivity index (χ1) is 14.4. The Kier molecular flexibility index (Phi) is 9.07.